The monoisotopic (exact) mass is 326 g/mol. The van der Waals surface area contributed by atoms with Crippen molar-refractivity contribution in [3.05, 3.63) is 35.3 Å². The SMILES string of the molecule is CN(C)CCc1csc(NS(=O)(=O)c2ccc(N)cc2)n1. The first-order valence-electron chi connectivity index (χ1n) is 6.34. The molecule has 0 unspecified atom stereocenters. The van der Waals surface area contributed by atoms with Crippen LogP contribution in [0.4, 0.5) is 10.8 Å². The first-order chi connectivity index (χ1) is 9.87. The highest BCUT2D eigenvalue weighted by atomic mass is 32.2. The zero-order valence-corrected chi connectivity index (χ0v) is 13.5. The fraction of sp³-hybridized carbons (Fsp3) is 0.308. The van der Waals surface area contributed by atoms with Crippen molar-refractivity contribution in [2.75, 3.05) is 31.1 Å². The van der Waals surface area contributed by atoms with Gasteiger partial charge < -0.3 is 10.6 Å². The molecule has 0 bridgehead atoms. The number of nitrogens with two attached hydrogens (primary N) is 1. The van der Waals surface area contributed by atoms with Crippen molar-refractivity contribution in [3.63, 3.8) is 0 Å². The minimum atomic E-state index is -3.62. The quantitative estimate of drug-likeness (QED) is 0.788. The highest BCUT2D eigenvalue weighted by molar-refractivity contribution is 7.93. The molecule has 2 aromatic rings. The fourth-order valence-corrected chi connectivity index (χ4v) is 3.63. The molecule has 0 spiro atoms. The van der Waals surface area contributed by atoms with E-state index in [1.165, 1.54) is 23.5 Å². The Balaban J connectivity index is 2.08. The number of rotatable bonds is 6. The average Bonchev–Trinajstić information content (AvgIpc) is 2.84. The maximum atomic E-state index is 12.2. The molecule has 0 fully saturated rings. The van der Waals surface area contributed by atoms with Crippen LogP contribution >= 0.6 is 11.3 Å². The Labute approximate surface area is 128 Å². The number of nitrogens with one attached hydrogen (secondary N) is 1. The molecular weight excluding hydrogens is 308 g/mol. The molecule has 2 rings (SSSR count). The number of sulfonamides is 1. The van der Waals surface area contributed by atoms with Crippen molar-refractivity contribution < 1.29 is 8.42 Å². The van der Waals surface area contributed by atoms with Crippen LogP contribution in [0.25, 0.3) is 0 Å². The van der Waals surface area contributed by atoms with Gasteiger partial charge in [0.15, 0.2) is 5.13 Å². The van der Waals surface area contributed by atoms with Gasteiger partial charge in [-0.1, -0.05) is 0 Å². The van der Waals surface area contributed by atoms with E-state index in [1.54, 1.807) is 12.1 Å². The minimum absolute atomic E-state index is 0.168. The molecule has 6 nitrogen and oxygen atoms in total. The third kappa shape index (κ3) is 4.42. The van der Waals surface area contributed by atoms with Gasteiger partial charge in [0.2, 0.25) is 0 Å². The number of nitrogens with zero attached hydrogens (tertiary/aromatic N) is 2. The van der Waals surface area contributed by atoms with Crippen LogP contribution in [0, 0.1) is 0 Å². The number of hydrogen-bond acceptors (Lipinski definition) is 6. The van der Waals surface area contributed by atoms with Crippen molar-refractivity contribution in [3.8, 4) is 0 Å². The molecule has 8 heteroatoms. The highest BCUT2D eigenvalue weighted by Gasteiger charge is 2.15. The maximum absolute atomic E-state index is 12.2. The molecule has 0 aliphatic carbocycles. The second-order valence-corrected chi connectivity index (χ2v) is 7.41. The van der Waals surface area contributed by atoms with Gasteiger partial charge in [-0.25, -0.2) is 13.4 Å². The molecule has 0 radical (unpaired) electrons. The lowest BCUT2D eigenvalue weighted by molar-refractivity contribution is 0.412. The third-order valence-corrected chi connectivity index (χ3v) is 5.07. The predicted molar refractivity (Wildman–Crippen MR) is 86.0 cm³/mol. The van der Waals surface area contributed by atoms with Crippen LogP contribution in [0.3, 0.4) is 0 Å². The maximum Gasteiger partial charge on any atom is 0.263 e. The van der Waals surface area contributed by atoms with Gasteiger partial charge in [-0.3, -0.25) is 4.72 Å². The molecule has 3 N–H and O–H groups in total. The molecule has 0 amide bonds. The van der Waals surface area contributed by atoms with E-state index in [2.05, 4.69) is 14.6 Å². The molecular formula is C13H18N4O2S2. The standard InChI is InChI=1S/C13H18N4O2S2/c1-17(2)8-7-11-9-20-13(15-11)16-21(18,19)12-5-3-10(14)4-6-12/h3-6,9H,7-8,14H2,1-2H3,(H,15,16). The molecule has 0 aliphatic rings. The summed E-state index contributed by atoms with van der Waals surface area (Å²) in [6.45, 7) is 0.869. The van der Waals surface area contributed by atoms with Crippen molar-refractivity contribution >= 4 is 32.2 Å². The number of aromatic nitrogens is 1. The van der Waals surface area contributed by atoms with Crippen molar-refractivity contribution in [2.24, 2.45) is 0 Å². The molecule has 0 saturated heterocycles. The van der Waals surface area contributed by atoms with E-state index in [0.29, 0.717) is 10.8 Å². The summed E-state index contributed by atoms with van der Waals surface area (Å²) in [6, 6.07) is 6.05. The summed E-state index contributed by atoms with van der Waals surface area (Å²) in [5.41, 5.74) is 6.95. The molecule has 0 aliphatic heterocycles. The van der Waals surface area contributed by atoms with Gasteiger partial charge in [0.05, 0.1) is 10.6 Å². The topological polar surface area (TPSA) is 88.3 Å². The van der Waals surface area contributed by atoms with E-state index >= 15 is 0 Å². The summed E-state index contributed by atoms with van der Waals surface area (Å²) < 4.78 is 26.9. The zero-order chi connectivity index (χ0) is 15.5. The molecule has 1 heterocycles. The number of anilines is 2. The van der Waals surface area contributed by atoms with Crippen molar-refractivity contribution in [1.29, 1.82) is 0 Å². The lowest BCUT2D eigenvalue weighted by atomic mass is 10.3. The molecule has 21 heavy (non-hydrogen) atoms. The van der Waals surface area contributed by atoms with Gasteiger partial charge in [-0.05, 0) is 38.4 Å². The van der Waals surface area contributed by atoms with E-state index < -0.39 is 10.0 Å². The lowest BCUT2D eigenvalue weighted by Crippen LogP contribution is -2.15. The van der Waals surface area contributed by atoms with E-state index in [-0.39, 0.29) is 4.90 Å². The highest BCUT2D eigenvalue weighted by Crippen LogP contribution is 2.21. The summed E-state index contributed by atoms with van der Waals surface area (Å²) in [5, 5.41) is 2.24. The Morgan fingerprint density at radius 2 is 1.95 bits per heavy atom. The van der Waals surface area contributed by atoms with Gasteiger partial charge in [-0.15, -0.1) is 11.3 Å². The lowest BCUT2D eigenvalue weighted by Gasteiger charge is -2.07. The number of thiazole rings is 1. The van der Waals surface area contributed by atoms with Crippen LogP contribution < -0.4 is 10.5 Å². The predicted octanol–water partition coefficient (Wildman–Crippen LogP) is 1.63. The van der Waals surface area contributed by atoms with Gasteiger partial charge in [0.25, 0.3) is 10.0 Å². The van der Waals surface area contributed by atoms with Gasteiger partial charge in [0, 0.05) is 24.0 Å². The van der Waals surface area contributed by atoms with Crippen LogP contribution in [-0.4, -0.2) is 38.9 Å². The van der Waals surface area contributed by atoms with E-state index in [1.807, 2.05) is 19.5 Å². The summed E-state index contributed by atoms with van der Waals surface area (Å²) in [4.78, 5) is 6.51. The molecule has 0 saturated carbocycles. The first kappa shape index (κ1) is 15.7. The number of likely N-dealkylation sites (N-methyl/N-ethyl adjacent to an activating group) is 1. The zero-order valence-electron chi connectivity index (χ0n) is 11.9. The summed E-state index contributed by atoms with van der Waals surface area (Å²) in [6.07, 6.45) is 0.785. The second kappa shape index (κ2) is 6.42. The van der Waals surface area contributed by atoms with Gasteiger partial charge in [-0.2, -0.15) is 0 Å². The van der Waals surface area contributed by atoms with E-state index in [0.717, 1.165) is 18.7 Å². The Bertz CT molecular complexity index is 693. The van der Waals surface area contributed by atoms with Crippen LogP contribution in [0.2, 0.25) is 0 Å². The number of hydrogen-bond donors (Lipinski definition) is 2. The third-order valence-electron chi connectivity index (χ3n) is 2.78. The fourth-order valence-electron chi connectivity index (χ4n) is 1.63. The Kier molecular flexibility index (Phi) is 4.81. The van der Waals surface area contributed by atoms with E-state index in [9.17, 15) is 8.42 Å². The Hall–Kier alpha value is -1.64. The first-order valence-corrected chi connectivity index (χ1v) is 8.70. The molecule has 1 aromatic carbocycles. The second-order valence-electron chi connectivity index (χ2n) is 4.87. The van der Waals surface area contributed by atoms with Crippen LogP contribution in [0.15, 0.2) is 34.5 Å². The van der Waals surface area contributed by atoms with Crippen LogP contribution in [-0.2, 0) is 16.4 Å². The Morgan fingerprint density at radius 1 is 1.29 bits per heavy atom. The van der Waals surface area contributed by atoms with Gasteiger partial charge in [0.1, 0.15) is 0 Å². The van der Waals surface area contributed by atoms with E-state index in [4.69, 9.17) is 5.73 Å². The van der Waals surface area contributed by atoms with Gasteiger partial charge >= 0.3 is 0 Å². The van der Waals surface area contributed by atoms with Crippen LogP contribution in [0.5, 0.6) is 0 Å². The number of nitrogen functional groups attached to an aromatic ring is 1. The molecule has 114 valence electrons. The number of benzene rings is 1. The smallest absolute Gasteiger partial charge is 0.263 e. The summed E-state index contributed by atoms with van der Waals surface area (Å²) in [5.74, 6) is 0. The molecule has 0 atom stereocenters. The Morgan fingerprint density at radius 3 is 2.57 bits per heavy atom. The minimum Gasteiger partial charge on any atom is -0.399 e. The summed E-state index contributed by atoms with van der Waals surface area (Å²) >= 11 is 1.28. The molecule has 1 aromatic heterocycles. The van der Waals surface area contributed by atoms with Crippen molar-refractivity contribution in [2.45, 2.75) is 11.3 Å². The normalized spacial score (nSPS) is 11.8. The van der Waals surface area contributed by atoms with Crippen LogP contribution in [0.1, 0.15) is 5.69 Å². The average molecular weight is 326 g/mol. The van der Waals surface area contributed by atoms with Crippen molar-refractivity contribution in [1.82, 2.24) is 9.88 Å². The summed E-state index contributed by atoms with van der Waals surface area (Å²) in [7, 11) is 0.350. The largest absolute Gasteiger partial charge is 0.399 e.